The first kappa shape index (κ1) is 32.4. The molecule has 0 saturated carbocycles. The van der Waals surface area contributed by atoms with Gasteiger partial charge < -0.3 is 49.7 Å². The van der Waals surface area contributed by atoms with E-state index in [4.69, 9.17) is 28.4 Å². The molecule has 0 bridgehead atoms. The van der Waals surface area contributed by atoms with Crippen LogP contribution in [0, 0.1) is 13.8 Å². The Bertz CT molecular complexity index is 1560. The second-order valence-corrected chi connectivity index (χ2v) is 11.5. The summed E-state index contributed by atoms with van der Waals surface area (Å²) >= 11 is 0. The molecule has 250 valence electrons. The first-order valence-electron chi connectivity index (χ1n) is 15.7. The molecular weight excluding hydrogens is 608 g/mol. The molecule has 0 aromatic heterocycles. The van der Waals surface area contributed by atoms with Crippen molar-refractivity contribution in [3.05, 3.63) is 70.8 Å². The largest absolute Gasteiger partial charge is 0.427 e. The molecule has 4 aliphatic heterocycles. The second-order valence-electron chi connectivity index (χ2n) is 11.5. The third-order valence-electron chi connectivity index (χ3n) is 8.01. The lowest BCUT2D eigenvalue weighted by molar-refractivity contribution is -0.286. The Balaban J connectivity index is 1.18. The van der Waals surface area contributed by atoms with Crippen molar-refractivity contribution in [3.8, 4) is 0 Å². The average Bonchev–Trinajstić information content (AvgIpc) is 3.78. The predicted molar refractivity (Wildman–Crippen MR) is 173 cm³/mol. The summed E-state index contributed by atoms with van der Waals surface area (Å²) in [5.41, 5.74) is 4.81. The Morgan fingerprint density at radius 1 is 0.809 bits per heavy atom. The molecule has 14 nitrogen and oxygen atoms in total. The van der Waals surface area contributed by atoms with E-state index in [2.05, 4.69) is 31.3 Å². The number of aliphatic imine (C=N–C) groups is 2. The van der Waals surface area contributed by atoms with Crippen molar-refractivity contribution in [3.63, 3.8) is 0 Å². The van der Waals surface area contributed by atoms with Gasteiger partial charge in [0.15, 0.2) is 11.9 Å². The first-order chi connectivity index (χ1) is 22.8. The third-order valence-corrected chi connectivity index (χ3v) is 8.01. The summed E-state index contributed by atoms with van der Waals surface area (Å²) in [6.07, 6.45) is 2.22. The van der Waals surface area contributed by atoms with Crippen molar-refractivity contribution in [2.45, 2.75) is 31.8 Å². The van der Waals surface area contributed by atoms with Crippen LogP contribution in [0.15, 0.2) is 58.5 Å². The number of hydrogen-bond donors (Lipinski definition) is 4. The molecule has 0 radical (unpaired) electrons. The van der Waals surface area contributed by atoms with E-state index in [0.717, 1.165) is 47.6 Å². The number of carbonyl (C=O) groups is 2. The van der Waals surface area contributed by atoms with E-state index >= 15 is 0 Å². The van der Waals surface area contributed by atoms with Crippen molar-refractivity contribution in [1.82, 2.24) is 10.6 Å². The first-order valence-corrected chi connectivity index (χ1v) is 15.7. The maximum absolute atomic E-state index is 13.3. The van der Waals surface area contributed by atoms with E-state index in [1.807, 2.05) is 44.2 Å². The fourth-order valence-electron chi connectivity index (χ4n) is 5.78. The Kier molecular flexibility index (Phi) is 10.0. The van der Waals surface area contributed by atoms with Gasteiger partial charge in [0.1, 0.15) is 13.2 Å². The summed E-state index contributed by atoms with van der Waals surface area (Å²) in [7, 11) is 0. The zero-order chi connectivity index (χ0) is 32.7. The Labute approximate surface area is 272 Å². The molecule has 2 aromatic rings. The second kappa shape index (κ2) is 14.5. The molecule has 4 heterocycles. The van der Waals surface area contributed by atoms with Crippen LogP contribution in [0.25, 0.3) is 0 Å². The van der Waals surface area contributed by atoms with E-state index in [1.54, 1.807) is 6.07 Å². The molecule has 2 unspecified atom stereocenters. The quantitative estimate of drug-likeness (QED) is 0.231. The van der Waals surface area contributed by atoms with Gasteiger partial charge in [-0.2, -0.15) is 0 Å². The monoisotopic (exact) mass is 648 g/mol. The van der Waals surface area contributed by atoms with Gasteiger partial charge in [0.2, 0.25) is 5.79 Å². The van der Waals surface area contributed by atoms with Crippen LogP contribution in [0.2, 0.25) is 0 Å². The van der Waals surface area contributed by atoms with Crippen molar-refractivity contribution in [2.75, 3.05) is 76.5 Å². The van der Waals surface area contributed by atoms with Crippen molar-refractivity contribution in [2.24, 2.45) is 9.98 Å². The Morgan fingerprint density at radius 2 is 1.43 bits per heavy atom. The molecule has 0 aliphatic carbocycles. The molecule has 0 amide bonds. The number of para-hydroxylation sites is 2. The highest BCUT2D eigenvalue weighted by atomic mass is 16.8. The van der Waals surface area contributed by atoms with E-state index in [9.17, 15) is 9.59 Å². The number of carbonyl (C=O) groups excluding carboxylic acids is 2. The predicted octanol–water partition coefficient (Wildman–Crippen LogP) is 1.87. The van der Waals surface area contributed by atoms with Gasteiger partial charge in [0, 0.05) is 42.9 Å². The van der Waals surface area contributed by atoms with Gasteiger partial charge >= 0.3 is 11.9 Å². The van der Waals surface area contributed by atoms with Crippen molar-refractivity contribution in [1.29, 1.82) is 0 Å². The van der Waals surface area contributed by atoms with E-state index < -0.39 is 23.5 Å². The molecule has 0 spiro atoms. The molecular formula is C33H40N6O8. The summed E-state index contributed by atoms with van der Waals surface area (Å²) in [4.78, 5) is 35.3. The van der Waals surface area contributed by atoms with Gasteiger partial charge in [-0.25, -0.2) is 9.59 Å². The van der Waals surface area contributed by atoms with Crippen molar-refractivity contribution < 1.29 is 38.0 Å². The molecule has 2 fully saturated rings. The normalized spacial score (nSPS) is 24.1. The van der Waals surface area contributed by atoms with Crippen LogP contribution in [0.3, 0.4) is 0 Å². The van der Waals surface area contributed by atoms with Crippen LogP contribution >= 0.6 is 0 Å². The Morgan fingerprint density at radius 3 is 2.04 bits per heavy atom. The minimum absolute atomic E-state index is 0.0151. The van der Waals surface area contributed by atoms with E-state index in [-0.39, 0.29) is 32.8 Å². The van der Waals surface area contributed by atoms with Crippen LogP contribution < -0.4 is 21.3 Å². The zero-order valence-corrected chi connectivity index (χ0v) is 26.6. The molecule has 2 atom stereocenters. The van der Waals surface area contributed by atoms with E-state index in [0.29, 0.717) is 49.5 Å². The highest BCUT2D eigenvalue weighted by molar-refractivity contribution is 5.97. The number of nitrogens with zero attached hydrogens (tertiary/aromatic N) is 2. The number of hydrogen-bond acceptors (Lipinski definition) is 14. The minimum Gasteiger partial charge on any atom is -0.427 e. The van der Waals surface area contributed by atoms with Gasteiger partial charge in [-0.3, -0.25) is 9.98 Å². The topological polar surface area (TPSA) is 162 Å². The minimum atomic E-state index is -1.56. The molecule has 4 aliphatic rings. The smallest absolute Gasteiger partial charge is 0.333 e. The SMILES string of the molecule is Cc1cccc(CC2(OC(=O)/C=C/C(=O)OC3(c4cccc(C)c4NC4=NCCN4)COCCO3)COCCO2)c1NC1=NCCN1. The molecule has 6 rings (SSSR count). The summed E-state index contributed by atoms with van der Waals surface area (Å²) in [6, 6.07) is 11.4. The van der Waals surface area contributed by atoms with Crippen LogP contribution in [-0.4, -0.2) is 95.5 Å². The summed E-state index contributed by atoms with van der Waals surface area (Å²) in [6.45, 7) is 7.84. The molecule has 4 N–H and O–H groups in total. The Hall–Kier alpha value is -4.50. The third kappa shape index (κ3) is 7.73. The summed E-state index contributed by atoms with van der Waals surface area (Å²) < 4.78 is 35.3. The maximum Gasteiger partial charge on any atom is 0.333 e. The van der Waals surface area contributed by atoms with Crippen LogP contribution in [0.5, 0.6) is 0 Å². The molecule has 2 aromatic carbocycles. The van der Waals surface area contributed by atoms with Crippen LogP contribution in [0.4, 0.5) is 11.4 Å². The molecule has 47 heavy (non-hydrogen) atoms. The number of esters is 2. The highest BCUT2D eigenvalue weighted by Gasteiger charge is 2.43. The van der Waals surface area contributed by atoms with Gasteiger partial charge in [-0.05, 0) is 30.5 Å². The highest BCUT2D eigenvalue weighted by Crippen LogP contribution is 2.37. The lowest BCUT2D eigenvalue weighted by Crippen LogP contribution is -2.48. The van der Waals surface area contributed by atoms with Crippen LogP contribution in [-0.2, 0) is 50.2 Å². The fraction of sp³-hybridized carbons (Fsp3) is 0.455. The maximum atomic E-state index is 13.3. The van der Waals surface area contributed by atoms with Gasteiger partial charge in [0.05, 0.1) is 45.2 Å². The van der Waals surface area contributed by atoms with E-state index in [1.165, 1.54) is 0 Å². The number of guanidine groups is 2. The number of ether oxygens (including phenoxy) is 6. The fourth-order valence-corrected chi connectivity index (χ4v) is 5.78. The number of aryl methyl sites for hydroxylation is 2. The zero-order valence-electron chi connectivity index (χ0n) is 26.6. The lowest BCUT2D eigenvalue weighted by atomic mass is 9.99. The average molecular weight is 649 g/mol. The lowest BCUT2D eigenvalue weighted by Gasteiger charge is -2.37. The standard InChI is InChI=1S/C33H40N6O8/c1-22-5-3-7-24(28(22)38-30-34-11-12-35-30)19-32(20-42-15-17-44-32)46-26(40)9-10-27(41)47-33(21-43-16-18-45-33)25-8-4-6-23(2)29(25)39-31-36-13-14-37-31/h3-10H,11-21H2,1-2H3,(H2,34,35,38)(H2,36,37,39)/b10-9+. The van der Waals surface area contributed by atoms with Gasteiger partial charge in [0.25, 0.3) is 5.79 Å². The number of nitrogens with one attached hydrogen (secondary N) is 4. The van der Waals surface area contributed by atoms with Gasteiger partial charge in [-0.1, -0.05) is 36.4 Å². The van der Waals surface area contributed by atoms with Gasteiger partial charge in [-0.15, -0.1) is 0 Å². The summed E-state index contributed by atoms with van der Waals surface area (Å²) in [5.74, 6) is -3.31. The van der Waals surface area contributed by atoms with Crippen LogP contribution in [0.1, 0.15) is 22.3 Å². The number of rotatable bonds is 9. The molecule has 14 heteroatoms. The summed E-state index contributed by atoms with van der Waals surface area (Å²) in [5, 5.41) is 13.1. The van der Waals surface area contributed by atoms with Crippen molar-refractivity contribution >= 4 is 35.2 Å². The number of benzene rings is 2. The number of anilines is 2. The molecule has 2 saturated heterocycles.